The summed E-state index contributed by atoms with van der Waals surface area (Å²) in [6, 6.07) is 0. The molecule has 0 amide bonds. The molecule has 0 aliphatic heterocycles. The molecule has 0 heterocycles. The van der Waals surface area contributed by atoms with E-state index in [1.54, 1.807) is 0 Å². The molecule has 1 rings (SSSR count). The highest BCUT2D eigenvalue weighted by Gasteiger charge is 2.57. The van der Waals surface area contributed by atoms with Gasteiger partial charge in [0.2, 0.25) is 0 Å². The first-order valence-corrected chi connectivity index (χ1v) is 5.56. The molecule has 0 saturated heterocycles. The van der Waals surface area contributed by atoms with Crippen LogP contribution in [-0.4, -0.2) is 31.9 Å². The maximum atomic E-state index is 11.8. The SMILES string of the molecule is COC(=O)C1(C(=O)OC)C[C@H](C(C)=O)[C@@H](C)C1. The second kappa shape index (κ2) is 4.85. The molecule has 1 fully saturated rings. The van der Waals surface area contributed by atoms with Crippen LogP contribution in [0.2, 0.25) is 0 Å². The summed E-state index contributed by atoms with van der Waals surface area (Å²) in [5, 5.41) is 0. The van der Waals surface area contributed by atoms with E-state index < -0.39 is 17.4 Å². The Morgan fingerprint density at radius 2 is 1.53 bits per heavy atom. The first kappa shape index (κ1) is 13.7. The smallest absolute Gasteiger partial charge is 0.323 e. The Kier molecular flexibility index (Phi) is 3.91. The standard InChI is InChI=1S/C12H18O5/c1-7-5-12(10(14)16-3,11(15)17-4)6-9(7)8(2)13/h7,9H,5-6H2,1-4H3/t7-,9-/m0/s1. The number of carbonyl (C=O) groups excluding carboxylic acids is 3. The number of Topliss-reactive ketones (excluding diaryl/α,β-unsaturated/α-hetero) is 1. The van der Waals surface area contributed by atoms with Gasteiger partial charge in [0.25, 0.3) is 0 Å². The summed E-state index contributed by atoms with van der Waals surface area (Å²) in [6.45, 7) is 3.34. The number of rotatable bonds is 3. The van der Waals surface area contributed by atoms with Crippen LogP contribution in [-0.2, 0) is 23.9 Å². The minimum Gasteiger partial charge on any atom is -0.468 e. The zero-order chi connectivity index (χ0) is 13.2. The molecule has 96 valence electrons. The number of hydrogen-bond acceptors (Lipinski definition) is 5. The molecule has 1 saturated carbocycles. The topological polar surface area (TPSA) is 69.7 Å². The second-order valence-electron chi connectivity index (χ2n) is 4.67. The van der Waals surface area contributed by atoms with Crippen LogP contribution < -0.4 is 0 Å². The van der Waals surface area contributed by atoms with E-state index in [0.717, 1.165) is 0 Å². The molecule has 0 aromatic rings. The van der Waals surface area contributed by atoms with Crippen LogP contribution in [0.5, 0.6) is 0 Å². The highest BCUT2D eigenvalue weighted by atomic mass is 16.5. The molecule has 0 aromatic carbocycles. The fourth-order valence-corrected chi connectivity index (χ4v) is 2.70. The summed E-state index contributed by atoms with van der Waals surface area (Å²) in [7, 11) is 2.47. The summed E-state index contributed by atoms with van der Waals surface area (Å²) in [4.78, 5) is 35.1. The number of ketones is 1. The van der Waals surface area contributed by atoms with Gasteiger partial charge in [-0.1, -0.05) is 6.92 Å². The van der Waals surface area contributed by atoms with E-state index in [1.807, 2.05) is 6.92 Å². The molecule has 0 bridgehead atoms. The second-order valence-corrected chi connectivity index (χ2v) is 4.67. The largest absolute Gasteiger partial charge is 0.468 e. The molecule has 5 nitrogen and oxygen atoms in total. The molecule has 0 spiro atoms. The molecule has 2 atom stereocenters. The van der Waals surface area contributed by atoms with Crippen molar-refractivity contribution >= 4 is 17.7 Å². The molecule has 1 aliphatic carbocycles. The molecule has 0 N–H and O–H groups in total. The number of esters is 2. The van der Waals surface area contributed by atoms with Crippen LogP contribution in [0, 0.1) is 17.3 Å². The van der Waals surface area contributed by atoms with Gasteiger partial charge in [-0.05, 0) is 25.7 Å². The summed E-state index contributed by atoms with van der Waals surface area (Å²) < 4.78 is 9.37. The van der Waals surface area contributed by atoms with Crippen molar-refractivity contribution in [3.8, 4) is 0 Å². The Morgan fingerprint density at radius 1 is 1.06 bits per heavy atom. The van der Waals surface area contributed by atoms with Crippen molar-refractivity contribution in [2.75, 3.05) is 14.2 Å². The molecule has 0 radical (unpaired) electrons. The fraction of sp³-hybridized carbons (Fsp3) is 0.750. The van der Waals surface area contributed by atoms with Crippen LogP contribution in [0.3, 0.4) is 0 Å². The summed E-state index contributed by atoms with van der Waals surface area (Å²) in [5.74, 6) is -1.54. The number of methoxy groups -OCH3 is 2. The van der Waals surface area contributed by atoms with Crippen LogP contribution in [0.25, 0.3) is 0 Å². The van der Waals surface area contributed by atoms with Crippen molar-refractivity contribution < 1.29 is 23.9 Å². The van der Waals surface area contributed by atoms with E-state index in [-0.39, 0.29) is 24.0 Å². The zero-order valence-electron chi connectivity index (χ0n) is 10.6. The van der Waals surface area contributed by atoms with Gasteiger partial charge in [0, 0.05) is 5.92 Å². The molecular formula is C12H18O5. The van der Waals surface area contributed by atoms with Gasteiger partial charge in [0.05, 0.1) is 14.2 Å². The van der Waals surface area contributed by atoms with Gasteiger partial charge < -0.3 is 9.47 Å². The van der Waals surface area contributed by atoms with Crippen molar-refractivity contribution in [3.05, 3.63) is 0 Å². The van der Waals surface area contributed by atoms with Crippen molar-refractivity contribution in [3.63, 3.8) is 0 Å². The van der Waals surface area contributed by atoms with Gasteiger partial charge in [0.1, 0.15) is 5.78 Å². The van der Waals surface area contributed by atoms with Crippen LogP contribution in [0.1, 0.15) is 26.7 Å². The van der Waals surface area contributed by atoms with E-state index in [9.17, 15) is 14.4 Å². The lowest BCUT2D eigenvalue weighted by molar-refractivity contribution is -0.169. The minimum absolute atomic E-state index is 0.00724. The third-order valence-corrected chi connectivity index (χ3v) is 3.60. The van der Waals surface area contributed by atoms with Gasteiger partial charge in [-0.25, -0.2) is 0 Å². The molecule has 0 aromatic heterocycles. The van der Waals surface area contributed by atoms with Crippen molar-refractivity contribution in [1.82, 2.24) is 0 Å². The maximum absolute atomic E-state index is 11.8. The highest BCUT2D eigenvalue weighted by Crippen LogP contribution is 2.47. The van der Waals surface area contributed by atoms with Crippen LogP contribution >= 0.6 is 0 Å². The first-order chi connectivity index (χ1) is 7.89. The van der Waals surface area contributed by atoms with Crippen molar-refractivity contribution in [2.24, 2.45) is 17.3 Å². The van der Waals surface area contributed by atoms with E-state index in [0.29, 0.717) is 6.42 Å². The Morgan fingerprint density at radius 3 is 1.82 bits per heavy atom. The third-order valence-electron chi connectivity index (χ3n) is 3.60. The zero-order valence-corrected chi connectivity index (χ0v) is 10.6. The Hall–Kier alpha value is -1.39. The molecule has 1 aliphatic rings. The lowest BCUT2D eigenvalue weighted by atomic mass is 9.84. The van der Waals surface area contributed by atoms with Gasteiger partial charge in [-0.3, -0.25) is 14.4 Å². The number of hydrogen-bond donors (Lipinski definition) is 0. The average molecular weight is 242 g/mol. The lowest BCUT2D eigenvalue weighted by Crippen LogP contribution is -2.39. The Balaban J connectivity index is 3.08. The third kappa shape index (κ3) is 2.18. The molecule has 17 heavy (non-hydrogen) atoms. The van der Waals surface area contributed by atoms with Gasteiger partial charge in [-0.15, -0.1) is 0 Å². The van der Waals surface area contributed by atoms with Gasteiger partial charge in [-0.2, -0.15) is 0 Å². The van der Waals surface area contributed by atoms with Gasteiger partial charge in [0.15, 0.2) is 5.41 Å². The first-order valence-electron chi connectivity index (χ1n) is 5.56. The lowest BCUT2D eigenvalue weighted by Gasteiger charge is -2.22. The summed E-state index contributed by atoms with van der Waals surface area (Å²) in [6.07, 6.45) is 0.486. The molecular weight excluding hydrogens is 224 g/mol. The highest BCUT2D eigenvalue weighted by molar-refractivity contribution is 6.01. The quantitative estimate of drug-likeness (QED) is 0.544. The predicted molar refractivity (Wildman–Crippen MR) is 59.0 cm³/mol. The maximum Gasteiger partial charge on any atom is 0.323 e. The van der Waals surface area contributed by atoms with Crippen LogP contribution in [0.4, 0.5) is 0 Å². The number of ether oxygens (including phenoxy) is 2. The van der Waals surface area contributed by atoms with E-state index >= 15 is 0 Å². The summed E-state index contributed by atoms with van der Waals surface area (Å²) in [5.41, 5.74) is -1.31. The van der Waals surface area contributed by atoms with E-state index in [2.05, 4.69) is 9.47 Å². The Bertz CT molecular complexity index is 331. The summed E-state index contributed by atoms with van der Waals surface area (Å²) >= 11 is 0. The monoisotopic (exact) mass is 242 g/mol. The molecule has 5 heteroatoms. The molecule has 0 unspecified atom stereocenters. The normalized spacial score (nSPS) is 26.4. The predicted octanol–water partition coefficient (Wildman–Crippen LogP) is 0.954. The van der Waals surface area contributed by atoms with Gasteiger partial charge >= 0.3 is 11.9 Å². The average Bonchev–Trinajstić information content (AvgIpc) is 2.66. The number of carbonyl (C=O) groups is 3. The van der Waals surface area contributed by atoms with Crippen LogP contribution in [0.15, 0.2) is 0 Å². The Labute approximate surface area is 100 Å². The minimum atomic E-state index is -1.31. The van der Waals surface area contributed by atoms with E-state index in [1.165, 1.54) is 21.1 Å². The van der Waals surface area contributed by atoms with E-state index in [4.69, 9.17) is 0 Å². The van der Waals surface area contributed by atoms with Crippen molar-refractivity contribution in [1.29, 1.82) is 0 Å². The van der Waals surface area contributed by atoms with Crippen molar-refractivity contribution in [2.45, 2.75) is 26.7 Å². The fourth-order valence-electron chi connectivity index (χ4n) is 2.70.